The average molecular weight is 299 g/mol. The molecule has 4 N–H and O–H groups in total. The minimum Gasteiger partial charge on any atom is -0.465 e. The number of carbonyl (C=O) groups excluding carboxylic acids is 1. The quantitative estimate of drug-likeness (QED) is 0.581. The van der Waals surface area contributed by atoms with Crippen LogP contribution in [0, 0.1) is 0 Å². The molecule has 0 saturated heterocycles. The van der Waals surface area contributed by atoms with E-state index in [1.165, 1.54) is 20.0 Å². The average Bonchev–Trinajstić information content (AvgIpc) is 2.66. The number of nitrogens with two attached hydrogens (primary N) is 1. The Morgan fingerprint density at radius 2 is 2.10 bits per heavy atom. The van der Waals surface area contributed by atoms with Gasteiger partial charge in [0.15, 0.2) is 5.82 Å². The number of aromatic nitrogens is 1. The molecule has 1 heterocycles. The molecule has 1 saturated carbocycles. The number of carbonyl (C=O) groups is 1. The normalized spacial score (nSPS) is 18.3. The fraction of sp³-hybridized carbons (Fsp3) is 0.692. The zero-order valence-electron chi connectivity index (χ0n) is 11.6. The molecule has 1 aromatic rings. The maximum absolute atomic E-state index is 11.7. The molecule has 0 aliphatic heterocycles. The summed E-state index contributed by atoms with van der Waals surface area (Å²) in [5.41, 5.74) is 5.22. The zero-order valence-corrected chi connectivity index (χ0v) is 12.5. The third kappa shape index (κ3) is 3.40. The van der Waals surface area contributed by atoms with E-state index in [2.05, 4.69) is 9.69 Å². The Labute approximate surface area is 122 Å². The highest BCUT2D eigenvalue weighted by molar-refractivity contribution is 7.11. The second kappa shape index (κ2) is 6.41. The number of aliphatic hydroxyl groups is 1. The molecule has 1 fully saturated rings. The second-order valence-corrected chi connectivity index (χ2v) is 6.03. The van der Waals surface area contributed by atoms with E-state index in [1.54, 1.807) is 0 Å². The molecule has 0 aromatic carbocycles. The van der Waals surface area contributed by atoms with E-state index < -0.39 is 11.6 Å². The van der Waals surface area contributed by atoms with Gasteiger partial charge in [-0.3, -0.25) is 0 Å². The van der Waals surface area contributed by atoms with Gasteiger partial charge in [0, 0.05) is 6.54 Å². The van der Waals surface area contributed by atoms with Crippen LogP contribution in [0.5, 0.6) is 0 Å². The first-order valence-corrected chi connectivity index (χ1v) is 7.63. The van der Waals surface area contributed by atoms with E-state index in [-0.39, 0.29) is 11.4 Å². The molecule has 1 aliphatic carbocycles. The molecule has 0 unspecified atom stereocenters. The Hall–Kier alpha value is -1.34. The van der Waals surface area contributed by atoms with Crippen molar-refractivity contribution in [3.8, 4) is 0 Å². The van der Waals surface area contributed by atoms with Crippen LogP contribution in [0.4, 0.5) is 10.8 Å². The smallest absolute Gasteiger partial charge is 0.344 e. The molecule has 0 spiro atoms. The predicted molar refractivity (Wildman–Crippen MR) is 79.0 cm³/mol. The van der Waals surface area contributed by atoms with Crippen molar-refractivity contribution in [2.45, 2.75) is 44.1 Å². The van der Waals surface area contributed by atoms with Gasteiger partial charge in [-0.2, -0.15) is 4.37 Å². The third-order valence-corrected chi connectivity index (χ3v) is 4.54. The van der Waals surface area contributed by atoms with Crippen molar-refractivity contribution < 1.29 is 14.6 Å². The summed E-state index contributed by atoms with van der Waals surface area (Å²) in [7, 11) is 1.31. The van der Waals surface area contributed by atoms with E-state index in [4.69, 9.17) is 10.5 Å². The van der Waals surface area contributed by atoms with Crippen LogP contribution in [-0.4, -0.2) is 34.7 Å². The Balaban J connectivity index is 2.05. The topological polar surface area (TPSA) is 97.5 Å². The minimum absolute atomic E-state index is 0.164. The monoisotopic (exact) mass is 299 g/mol. The van der Waals surface area contributed by atoms with Gasteiger partial charge in [0.05, 0.1) is 12.7 Å². The summed E-state index contributed by atoms with van der Waals surface area (Å²) >= 11 is 1.11. The molecule has 0 radical (unpaired) electrons. The van der Waals surface area contributed by atoms with Crippen LogP contribution in [0.15, 0.2) is 0 Å². The van der Waals surface area contributed by atoms with Crippen molar-refractivity contribution in [1.82, 2.24) is 4.37 Å². The van der Waals surface area contributed by atoms with E-state index in [1.807, 2.05) is 0 Å². The zero-order chi connectivity index (χ0) is 14.6. The number of ether oxygens (including phenoxy) is 1. The number of esters is 1. The van der Waals surface area contributed by atoms with Crippen LogP contribution in [-0.2, 0) is 4.74 Å². The molecule has 7 heteroatoms. The van der Waals surface area contributed by atoms with Gasteiger partial charge in [0.25, 0.3) is 0 Å². The number of hydrogen-bond donors (Lipinski definition) is 3. The van der Waals surface area contributed by atoms with E-state index in [9.17, 15) is 9.90 Å². The summed E-state index contributed by atoms with van der Waals surface area (Å²) < 4.78 is 8.66. The van der Waals surface area contributed by atoms with E-state index >= 15 is 0 Å². The molecule has 1 aromatic heterocycles. The number of nitrogens with one attached hydrogen (secondary N) is 1. The lowest BCUT2D eigenvalue weighted by Crippen LogP contribution is -2.36. The highest BCUT2D eigenvalue weighted by Gasteiger charge is 2.29. The fourth-order valence-corrected chi connectivity index (χ4v) is 3.23. The van der Waals surface area contributed by atoms with Crippen molar-refractivity contribution in [2.75, 3.05) is 24.7 Å². The SMILES string of the molecule is COC(=O)c1c(N)nsc1NCC1(O)CCCCCC1. The number of nitrogens with zero attached hydrogens (tertiary/aromatic N) is 1. The highest BCUT2D eigenvalue weighted by atomic mass is 32.1. The number of hydrogen-bond acceptors (Lipinski definition) is 7. The Morgan fingerprint density at radius 1 is 1.45 bits per heavy atom. The Bertz CT molecular complexity index is 467. The second-order valence-electron chi connectivity index (χ2n) is 5.26. The molecular weight excluding hydrogens is 278 g/mol. The van der Waals surface area contributed by atoms with Gasteiger partial charge >= 0.3 is 5.97 Å². The van der Waals surface area contributed by atoms with Crippen molar-refractivity contribution in [3.05, 3.63) is 5.56 Å². The van der Waals surface area contributed by atoms with Gasteiger partial charge in [-0.1, -0.05) is 25.7 Å². The van der Waals surface area contributed by atoms with E-state index in [0.717, 1.165) is 37.2 Å². The summed E-state index contributed by atoms with van der Waals surface area (Å²) in [6.45, 7) is 0.401. The van der Waals surface area contributed by atoms with Gasteiger partial charge in [0.2, 0.25) is 0 Å². The summed E-state index contributed by atoms with van der Waals surface area (Å²) in [5.74, 6) is -0.344. The summed E-state index contributed by atoms with van der Waals surface area (Å²) in [4.78, 5) is 11.7. The predicted octanol–water partition coefficient (Wildman–Crippen LogP) is 2.01. The number of anilines is 2. The molecule has 20 heavy (non-hydrogen) atoms. The van der Waals surface area contributed by atoms with Gasteiger partial charge in [-0.15, -0.1) is 0 Å². The fourth-order valence-electron chi connectivity index (χ4n) is 2.53. The number of nitrogen functional groups attached to an aromatic ring is 1. The Morgan fingerprint density at radius 3 is 2.70 bits per heavy atom. The lowest BCUT2D eigenvalue weighted by atomic mass is 9.94. The van der Waals surface area contributed by atoms with Gasteiger partial charge < -0.3 is 20.9 Å². The Kier molecular flexibility index (Phi) is 4.82. The van der Waals surface area contributed by atoms with Gasteiger partial charge in [-0.25, -0.2) is 4.79 Å². The molecule has 0 atom stereocenters. The van der Waals surface area contributed by atoms with Crippen LogP contribution in [0.1, 0.15) is 48.9 Å². The maximum atomic E-state index is 11.7. The first-order valence-electron chi connectivity index (χ1n) is 6.85. The molecule has 0 bridgehead atoms. The molecule has 1 aliphatic rings. The summed E-state index contributed by atoms with van der Waals surface area (Å²) in [5, 5.41) is 14.3. The maximum Gasteiger partial charge on any atom is 0.344 e. The third-order valence-electron chi connectivity index (χ3n) is 3.72. The molecule has 0 amide bonds. The highest BCUT2D eigenvalue weighted by Crippen LogP contribution is 2.31. The summed E-state index contributed by atoms with van der Waals surface area (Å²) in [6, 6.07) is 0. The summed E-state index contributed by atoms with van der Waals surface area (Å²) in [6.07, 6.45) is 5.97. The molecule has 112 valence electrons. The van der Waals surface area contributed by atoms with Crippen molar-refractivity contribution >= 4 is 28.3 Å². The van der Waals surface area contributed by atoms with Gasteiger partial charge in [0.1, 0.15) is 10.6 Å². The largest absolute Gasteiger partial charge is 0.465 e. The van der Waals surface area contributed by atoms with Crippen LogP contribution < -0.4 is 11.1 Å². The van der Waals surface area contributed by atoms with Crippen LogP contribution in [0.2, 0.25) is 0 Å². The van der Waals surface area contributed by atoms with Crippen molar-refractivity contribution in [3.63, 3.8) is 0 Å². The minimum atomic E-state index is -0.720. The van der Waals surface area contributed by atoms with Crippen molar-refractivity contribution in [1.29, 1.82) is 0 Å². The first kappa shape index (κ1) is 15.1. The lowest BCUT2D eigenvalue weighted by Gasteiger charge is -2.27. The van der Waals surface area contributed by atoms with E-state index in [0.29, 0.717) is 11.5 Å². The number of rotatable bonds is 4. The molecule has 2 rings (SSSR count). The molecule has 6 nitrogen and oxygen atoms in total. The van der Waals surface area contributed by atoms with Crippen LogP contribution in [0.25, 0.3) is 0 Å². The van der Waals surface area contributed by atoms with Crippen LogP contribution in [0.3, 0.4) is 0 Å². The van der Waals surface area contributed by atoms with Gasteiger partial charge in [-0.05, 0) is 24.4 Å². The standard InChI is InChI=1S/C13H21N3O3S/c1-19-12(17)9-10(14)16-20-11(9)15-8-13(18)6-4-2-3-5-7-13/h15,18H,2-8H2,1H3,(H2,14,16). The van der Waals surface area contributed by atoms with Crippen molar-refractivity contribution in [2.24, 2.45) is 0 Å². The molecular formula is C13H21N3O3S. The number of methoxy groups -OCH3 is 1. The van der Waals surface area contributed by atoms with Crippen LogP contribution >= 0.6 is 11.5 Å². The first-order chi connectivity index (χ1) is 9.56. The lowest BCUT2D eigenvalue weighted by molar-refractivity contribution is 0.0380.